The average Bonchev–Trinajstić information content (AvgIpc) is 2.99. The molecule has 1 atom stereocenters. The van der Waals surface area contributed by atoms with E-state index < -0.39 is 6.10 Å². The molecule has 0 saturated carbocycles. The van der Waals surface area contributed by atoms with Crippen LogP contribution >= 0.6 is 11.3 Å². The minimum atomic E-state index is -0.551. The Bertz CT molecular complexity index is 488. The van der Waals surface area contributed by atoms with Crippen molar-refractivity contribution in [2.24, 2.45) is 0 Å². The second-order valence-electron chi connectivity index (χ2n) is 4.24. The van der Waals surface area contributed by atoms with Gasteiger partial charge in [0.25, 0.3) is 0 Å². The van der Waals surface area contributed by atoms with Crippen molar-refractivity contribution in [3.05, 3.63) is 40.8 Å². The molecule has 0 spiro atoms. The molecule has 1 aromatic carbocycles. The highest BCUT2D eigenvalue weighted by Gasteiger charge is 2.05. The van der Waals surface area contributed by atoms with Crippen LogP contribution in [0.3, 0.4) is 0 Å². The quantitative estimate of drug-likeness (QED) is 0.775. The Hall–Kier alpha value is -1.63. The Morgan fingerprint density at radius 1 is 1.30 bits per heavy atom. The van der Waals surface area contributed by atoms with Crippen molar-refractivity contribution in [3.8, 4) is 11.5 Å². The molecule has 1 aromatic heterocycles. The van der Waals surface area contributed by atoms with Gasteiger partial charge < -0.3 is 19.9 Å². The number of aromatic nitrogens is 1. The lowest BCUT2D eigenvalue weighted by molar-refractivity contribution is 0.106. The smallest absolute Gasteiger partial charge is 0.119 e. The summed E-state index contributed by atoms with van der Waals surface area (Å²) in [5.74, 6) is 1.50. The maximum atomic E-state index is 9.82. The zero-order chi connectivity index (χ0) is 14.2. The van der Waals surface area contributed by atoms with Crippen molar-refractivity contribution >= 4 is 11.3 Å². The van der Waals surface area contributed by atoms with E-state index in [-0.39, 0.29) is 6.61 Å². The first-order valence-corrected chi connectivity index (χ1v) is 7.19. The number of aliphatic hydroxyl groups excluding tert-OH is 1. The maximum Gasteiger partial charge on any atom is 0.119 e. The van der Waals surface area contributed by atoms with Gasteiger partial charge in [0.2, 0.25) is 0 Å². The fourth-order valence-corrected chi connectivity index (χ4v) is 2.18. The summed E-state index contributed by atoms with van der Waals surface area (Å²) in [7, 11) is 1.62. The minimum Gasteiger partial charge on any atom is -0.497 e. The van der Waals surface area contributed by atoms with Crippen LogP contribution in [0.4, 0.5) is 0 Å². The van der Waals surface area contributed by atoms with E-state index in [1.807, 2.05) is 30.5 Å². The first kappa shape index (κ1) is 14.8. The van der Waals surface area contributed by atoms with E-state index in [0.29, 0.717) is 18.8 Å². The molecule has 1 unspecified atom stereocenters. The van der Waals surface area contributed by atoms with Crippen molar-refractivity contribution in [3.63, 3.8) is 0 Å². The molecule has 0 fully saturated rings. The third kappa shape index (κ3) is 4.80. The van der Waals surface area contributed by atoms with Crippen LogP contribution in [-0.2, 0) is 6.54 Å². The molecule has 0 bridgehead atoms. The van der Waals surface area contributed by atoms with E-state index in [9.17, 15) is 5.11 Å². The largest absolute Gasteiger partial charge is 0.497 e. The van der Waals surface area contributed by atoms with Gasteiger partial charge in [-0.3, -0.25) is 4.98 Å². The van der Waals surface area contributed by atoms with E-state index in [0.717, 1.165) is 10.6 Å². The summed E-state index contributed by atoms with van der Waals surface area (Å²) in [6.07, 6.45) is 1.27. The first-order chi connectivity index (χ1) is 9.78. The van der Waals surface area contributed by atoms with Gasteiger partial charge in [0.05, 0.1) is 12.6 Å². The summed E-state index contributed by atoms with van der Waals surface area (Å²) >= 11 is 1.59. The van der Waals surface area contributed by atoms with Gasteiger partial charge in [-0.1, -0.05) is 0 Å². The van der Waals surface area contributed by atoms with E-state index in [1.54, 1.807) is 24.0 Å². The molecule has 0 saturated heterocycles. The lowest BCUT2D eigenvalue weighted by atomic mass is 10.3. The highest BCUT2D eigenvalue weighted by molar-refractivity contribution is 7.09. The van der Waals surface area contributed by atoms with Gasteiger partial charge in [-0.2, -0.15) is 0 Å². The van der Waals surface area contributed by atoms with E-state index in [4.69, 9.17) is 9.47 Å². The molecular weight excluding hydrogens is 276 g/mol. The SMILES string of the molecule is COc1ccc(OCC(O)CNCc2cncs2)cc1. The highest BCUT2D eigenvalue weighted by atomic mass is 32.1. The van der Waals surface area contributed by atoms with Crippen LogP contribution in [0.1, 0.15) is 4.88 Å². The van der Waals surface area contributed by atoms with Crippen LogP contribution < -0.4 is 14.8 Å². The van der Waals surface area contributed by atoms with Crippen molar-refractivity contribution in [1.29, 1.82) is 0 Å². The summed E-state index contributed by atoms with van der Waals surface area (Å²) in [4.78, 5) is 5.14. The highest BCUT2D eigenvalue weighted by Crippen LogP contribution is 2.17. The molecule has 0 radical (unpaired) electrons. The van der Waals surface area contributed by atoms with Gasteiger partial charge in [-0.25, -0.2) is 0 Å². The number of benzene rings is 1. The minimum absolute atomic E-state index is 0.252. The predicted octanol–water partition coefficient (Wildman–Crippen LogP) is 1.68. The van der Waals surface area contributed by atoms with Gasteiger partial charge in [0.15, 0.2) is 0 Å². The number of nitrogens with one attached hydrogen (secondary N) is 1. The lowest BCUT2D eigenvalue weighted by Crippen LogP contribution is -2.30. The molecule has 20 heavy (non-hydrogen) atoms. The third-order valence-electron chi connectivity index (χ3n) is 2.66. The first-order valence-electron chi connectivity index (χ1n) is 6.31. The van der Waals surface area contributed by atoms with Crippen molar-refractivity contribution in [2.45, 2.75) is 12.6 Å². The zero-order valence-corrected chi connectivity index (χ0v) is 12.1. The molecule has 108 valence electrons. The number of hydrogen-bond acceptors (Lipinski definition) is 6. The molecule has 6 heteroatoms. The van der Waals surface area contributed by atoms with Crippen LogP contribution in [0.5, 0.6) is 11.5 Å². The van der Waals surface area contributed by atoms with Gasteiger partial charge in [-0.05, 0) is 24.3 Å². The van der Waals surface area contributed by atoms with Crippen LogP contribution in [0.2, 0.25) is 0 Å². The Kier molecular flexibility index (Phi) is 5.79. The maximum absolute atomic E-state index is 9.82. The molecule has 1 heterocycles. The van der Waals surface area contributed by atoms with Crippen LogP contribution in [0, 0.1) is 0 Å². The van der Waals surface area contributed by atoms with E-state index >= 15 is 0 Å². The van der Waals surface area contributed by atoms with Crippen LogP contribution in [0.15, 0.2) is 36.0 Å². The normalized spacial score (nSPS) is 12.1. The zero-order valence-electron chi connectivity index (χ0n) is 11.3. The Labute approximate surface area is 122 Å². The summed E-state index contributed by atoms with van der Waals surface area (Å²) in [5.41, 5.74) is 1.79. The summed E-state index contributed by atoms with van der Waals surface area (Å²) in [5, 5.41) is 13.0. The number of nitrogens with zero attached hydrogens (tertiary/aromatic N) is 1. The third-order valence-corrected chi connectivity index (χ3v) is 3.44. The fourth-order valence-electron chi connectivity index (χ4n) is 1.61. The van der Waals surface area contributed by atoms with Gasteiger partial charge in [0.1, 0.15) is 24.2 Å². The van der Waals surface area contributed by atoms with Crippen molar-refractivity contribution < 1.29 is 14.6 Å². The van der Waals surface area contributed by atoms with E-state index in [2.05, 4.69) is 10.3 Å². The topological polar surface area (TPSA) is 63.6 Å². The number of thiazole rings is 1. The average molecular weight is 294 g/mol. The van der Waals surface area contributed by atoms with Gasteiger partial charge >= 0.3 is 0 Å². The van der Waals surface area contributed by atoms with Crippen LogP contribution in [-0.4, -0.2) is 36.5 Å². The molecule has 0 aliphatic carbocycles. The van der Waals surface area contributed by atoms with Gasteiger partial charge in [0, 0.05) is 24.2 Å². The summed E-state index contributed by atoms with van der Waals surface area (Å²) in [6.45, 7) is 1.44. The molecule has 2 N–H and O–H groups in total. The van der Waals surface area contributed by atoms with Crippen molar-refractivity contribution in [1.82, 2.24) is 10.3 Å². The number of hydrogen-bond donors (Lipinski definition) is 2. The van der Waals surface area contributed by atoms with Crippen molar-refractivity contribution in [2.75, 3.05) is 20.3 Å². The van der Waals surface area contributed by atoms with Crippen LogP contribution in [0.25, 0.3) is 0 Å². The monoisotopic (exact) mass is 294 g/mol. The molecule has 2 rings (SSSR count). The predicted molar refractivity (Wildman–Crippen MR) is 78.3 cm³/mol. The molecule has 0 aliphatic heterocycles. The number of methoxy groups -OCH3 is 1. The Morgan fingerprint density at radius 3 is 2.70 bits per heavy atom. The Morgan fingerprint density at radius 2 is 2.05 bits per heavy atom. The lowest BCUT2D eigenvalue weighted by Gasteiger charge is -2.13. The number of ether oxygens (including phenoxy) is 2. The number of rotatable bonds is 8. The second-order valence-corrected chi connectivity index (χ2v) is 5.21. The summed E-state index contributed by atoms with van der Waals surface area (Å²) in [6, 6.07) is 7.28. The second kappa shape index (κ2) is 7.84. The summed E-state index contributed by atoms with van der Waals surface area (Å²) < 4.78 is 10.6. The van der Waals surface area contributed by atoms with Gasteiger partial charge in [-0.15, -0.1) is 11.3 Å². The van der Waals surface area contributed by atoms with E-state index in [1.165, 1.54) is 0 Å². The molecule has 5 nitrogen and oxygen atoms in total. The fraction of sp³-hybridized carbons (Fsp3) is 0.357. The molecule has 0 aliphatic rings. The molecule has 2 aromatic rings. The molecule has 0 amide bonds. The Balaban J connectivity index is 1.65. The number of aliphatic hydroxyl groups is 1. The molecular formula is C14H18N2O3S. The standard InChI is InChI=1S/C14H18N2O3S/c1-18-12-2-4-13(5-3-12)19-9-11(17)6-15-7-14-8-16-10-20-14/h2-5,8,10-11,15,17H,6-7,9H2,1H3.